The molecule has 0 unspecified atom stereocenters. The molecule has 0 aliphatic carbocycles. The maximum atomic E-state index is 9.35. The van der Waals surface area contributed by atoms with Crippen molar-refractivity contribution in [1.82, 2.24) is 0 Å². The molecular weight excluding hydrogens is 583 g/mol. The average molecular weight is 618 g/mol. The van der Waals surface area contributed by atoms with Crippen LogP contribution in [0.2, 0.25) is 0 Å². The van der Waals surface area contributed by atoms with E-state index in [2.05, 4.69) is 54.6 Å². The summed E-state index contributed by atoms with van der Waals surface area (Å²) in [6.45, 7) is 0. The van der Waals surface area contributed by atoms with Crippen LogP contribution in [0.4, 0.5) is 17.1 Å². The van der Waals surface area contributed by atoms with Gasteiger partial charge in [-0.1, -0.05) is 139 Å². The molecule has 226 valence electrons. The Balaban J connectivity index is 1.25. The second kappa shape index (κ2) is 11.8. The highest BCUT2D eigenvalue weighted by Gasteiger charge is 2.17. The number of fused-ring (bicyclic) bond motifs is 5. The standard InChI is InChI=1S/C46H31NO/c1-3-11-32(12-4-1)34-21-26-38(27-22-34)47(39-28-23-35(24-29-39)33-13-5-2-6-14-33)40-17-9-16-37(31-40)41-19-10-20-44-45(41)43-30-25-36-15-7-8-18-42(36)46(43)48-44/h1-31H/i21D,22D,26D,27D. The van der Waals surface area contributed by atoms with E-state index in [4.69, 9.17) is 7.16 Å². The van der Waals surface area contributed by atoms with Gasteiger partial charge in [-0.25, -0.2) is 0 Å². The maximum Gasteiger partial charge on any atom is 0.143 e. The van der Waals surface area contributed by atoms with Crippen molar-refractivity contribution < 1.29 is 9.90 Å². The molecule has 0 spiro atoms. The van der Waals surface area contributed by atoms with Gasteiger partial charge in [0.15, 0.2) is 0 Å². The van der Waals surface area contributed by atoms with Gasteiger partial charge in [0, 0.05) is 33.2 Å². The minimum Gasteiger partial charge on any atom is -0.455 e. The summed E-state index contributed by atoms with van der Waals surface area (Å²) in [5.41, 5.74) is 8.18. The Hall–Kier alpha value is -6.38. The van der Waals surface area contributed by atoms with E-state index >= 15 is 0 Å². The Morgan fingerprint density at radius 2 is 1.06 bits per heavy atom. The zero-order valence-corrected chi connectivity index (χ0v) is 25.9. The van der Waals surface area contributed by atoms with E-state index in [0.717, 1.165) is 55.0 Å². The van der Waals surface area contributed by atoms with Gasteiger partial charge in [-0.2, -0.15) is 0 Å². The Kier molecular flexibility index (Phi) is 5.85. The molecule has 48 heavy (non-hydrogen) atoms. The highest BCUT2D eigenvalue weighted by atomic mass is 16.3. The topological polar surface area (TPSA) is 16.4 Å². The van der Waals surface area contributed by atoms with E-state index < -0.39 is 0 Å². The second-order valence-electron chi connectivity index (χ2n) is 11.8. The summed E-state index contributed by atoms with van der Waals surface area (Å²) in [5, 5.41) is 4.21. The van der Waals surface area contributed by atoms with Crippen LogP contribution in [0.1, 0.15) is 5.48 Å². The van der Waals surface area contributed by atoms with Gasteiger partial charge in [0.2, 0.25) is 0 Å². The molecule has 0 radical (unpaired) electrons. The van der Waals surface area contributed by atoms with Crippen LogP contribution in [-0.2, 0) is 0 Å². The first-order chi connectivity index (χ1) is 25.5. The summed E-state index contributed by atoms with van der Waals surface area (Å²) in [7, 11) is 0. The lowest BCUT2D eigenvalue weighted by Gasteiger charge is -2.26. The fourth-order valence-electron chi connectivity index (χ4n) is 6.61. The minimum atomic E-state index is -0.118. The molecule has 0 N–H and O–H groups in total. The molecule has 0 saturated carbocycles. The maximum absolute atomic E-state index is 9.35. The fraction of sp³-hybridized carbons (Fsp3) is 0. The van der Waals surface area contributed by atoms with Gasteiger partial charge in [-0.3, -0.25) is 0 Å². The first-order valence-corrected chi connectivity index (χ1v) is 16.0. The molecular formula is C46H31NO. The van der Waals surface area contributed by atoms with Crippen LogP contribution in [0.5, 0.6) is 0 Å². The summed E-state index contributed by atoms with van der Waals surface area (Å²) in [5.74, 6) is 0. The third-order valence-electron chi connectivity index (χ3n) is 8.93. The Morgan fingerprint density at radius 3 is 1.83 bits per heavy atom. The predicted molar refractivity (Wildman–Crippen MR) is 202 cm³/mol. The van der Waals surface area contributed by atoms with Crippen LogP contribution in [0.15, 0.2) is 192 Å². The molecule has 0 bridgehead atoms. The number of rotatable bonds is 6. The molecule has 0 atom stereocenters. The van der Waals surface area contributed by atoms with Crippen molar-refractivity contribution >= 4 is 49.8 Å². The quantitative estimate of drug-likeness (QED) is 0.185. The summed E-state index contributed by atoms with van der Waals surface area (Å²) in [6.07, 6.45) is 0. The van der Waals surface area contributed by atoms with Crippen LogP contribution in [0.3, 0.4) is 0 Å². The van der Waals surface area contributed by atoms with Crippen molar-refractivity contribution in [3.05, 3.63) is 188 Å². The number of nitrogens with zero attached hydrogens (tertiary/aromatic N) is 1. The van der Waals surface area contributed by atoms with Gasteiger partial charge in [-0.05, 0) is 87.2 Å². The van der Waals surface area contributed by atoms with Crippen molar-refractivity contribution in [1.29, 1.82) is 0 Å². The first-order valence-electron chi connectivity index (χ1n) is 18.0. The van der Waals surface area contributed by atoms with Crippen molar-refractivity contribution in [2.45, 2.75) is 0 Å². The summed E-state index contributed by atoms with van der Waals surface area (Å²) >= 11 is 0. The SMILES string of the molecule is [2H]c1c([2H])c(N(c2ccc(-c3ccccc3)cc2)c2cccc(-c3cccc4oc5c6ccccc6ccc5c34)c2)c([2H])c([2H])c1-c1ccccc1. The lowest BCUT2D eigenvalue weighted by molar-refractivity contribution is 0.673. The number of furan rings is 1. The third kappa shape index (κ3) is 4.92. The predicted octanol–water partition coefficient (Wildman–Crippen LogP) is 13.2. The highest BCUT2D eigenvalue weighted by Crippen LogP contribution is 2.42. The fourth-order valence-corrected chi connectivity index (χ4v) is 6.61. The summed E-state index contributed by atoms with van der Waals surface area (Å²) in [6, 6.07) is 53.5. The Labute approximate surface area is 285 Å². The third-order valence-corrected chi connectivity index (χ3v) is 8.93. The number of hydrogen-bond acceptors (Lipinski definition) is 2. The normalized spacial score (nSPS) is 12.5. The molecule has 0 saturated heterocycles. The van der Waals surface area contributed by atoms with Crippen LogP contribution < -0.4 is 4.90 Å². The smallest absolute Gasteiger partial charge is 0.143 e. The number of benzene rings is 8. The lowest BCUT2D eigenvalue weighted by atomic mass is 9.97. The van der Waals surface area contributed by atoms with Crippen molar-refractivity contribution in [3.8, 4) is 33.4 Å². The summed E-state index contributed by atoms with van der Waals surface area (Å²) in [4.78, 5) is 1.84. The van der Waals surface area contributed by atoms with E-state index in [-0.39, 0.29) is 35.4 Å². The minimum absolute atomic E-state index is 0.0916. The molecule has 9 rings (SSSR count). The molecule has 0 fully saturated rings. The van der Waals surface area contributed by atoms with Gasteiger partial charge < -0.3 is 9.32 Å². The Morgan fingerprint density at radius 1 is 0.417 bits per heavy atom. The average Bonchev–Trinajstić information content (AvgIpc) is 3.59. The van der Waals surface area contributed by atoms with Gasteiger partial charge in [-0.15, -0.1) is 0 Å². The molecule has 2 nitrogen and oxygen atoms in total. The van der Waals surface area contributed by atoms with Crippen LogP contribution >= 0.6 is 0 Å². The zero-order valence-electron chi connectivity index (χ0n) is 29.9. The second-order valence-corrected chi connectivity index (χ2v) is 11.8. The van der Waals surface area contributed by atoms with Crippen molar-refractivity contribution in [2.75, 3.05) is 4.90 Å². The molecule has 2 heteroatoms. The van der Waals surface area contributed by atoms with Crippen LogP contribution in [0, 0.1) is 0 Å². The van der Waals surface area contributed by atoms with Gasteiger partial charge in [0.05, 0.1) is 5.48 Å². The van der Waals surface area contributed by atoms with E-state index in [1.165, 1.54) is 0 Å². The van der Waals surface area contributed by atoms with E-state index in [0.29, 0.717) is 16.9 Å². The van der Waals surface area contributed by atoms with Crippen molar-refractivity contribution in [3.63, 3.8) is 0 Å². The molecule has 0 aliphatic heterocycles. The molecule has 0 amide bonds. The zero-order chi connectivity index (χ0) is 35.3. The molecule has 8 aromatic carbocycles. The summed E-state index contributed by atoms with van der Waals surface area (Å²) < 4.78 is 43.4. The number of hydrogen-bond donors (Lipinski definition) is 0. The van der Waals surface area contributed by atoms with Gasteiger partial charge in [0.25, 0.3) is 0 Å². The van der Waals surface area contributed by atoms with Crippen molar-refractivity contribution in [2.24, 2.45) is 0 Å². The number of anilines is 3. The van der Waals surface area contributed by atoms with E-state index in [1.807, 2.05) is 114 Å². The van der Waals surface area contributed by atoms with Gasteiger partial charge >= 0.3 is 0 Å². The highest BCUT2D eigenvalue weighted by molar-refractivity contribution is 6.19. The van der Waals surface area contributed by atoms with E-state index in [9.17, 15) is 2.74 Å². The van der Waals surface area contributed by atoms with Crippen LogP contribution in [-0.4, -0.2) is 0 Å². The molecule has 0 aliphatic rings. The molecule has 1 heterocycles. The Bertz CT molecular complexity index is 2750. The van der Waals surface area contributed by atoms with E-state index in [1.54, 1.807) is 0 Å². The lowest BCUT2D eigenvalue weighted by Crippen LogP contribution is -2.10. The largest absolute Gasteiger partial charge is 0.455 e. The first kappa shape index (κ1) is 23.9. The van der Waals surface area contributed by atoms with Gasteiger partial charge in [0.1, 0.15) is 11.2 Å². The molecule has 1 aromatic heterocycles. The monoisotopic (exact) mass is 617 g/mol. The molecule has 9 aromatic rings. The van der Waals surface area contributed by atoms with Crippen LogP contribution in [0.25, 0.3) is 66.1 Å².